The fraction of sp³-hybridized carbons (Fsp3) is 0.154. The van der Waals surface area contributed by atoms with Gasteiger partial charge >= 0.3 is 5.97 Å². The van der Waals surface area contributed by atoms with E-state index < -0.39 is 22.9 Å². The Morgan fingerprint density at radius 3 is 2.66 bits per heavy atom. The number of halogens is 1. The predicted molar refractivity (Wildman–Crippen MR) is 128 cm³/mol. The Morgan fingerprint density at radius 1 is 1.09 bits per heavy atom. The number of H-pyrrole nitrogens is 2. The van der Waals surface area contributed by atoms with Crippen molar-refractivity contribution in [2.24, 2.45) is 0 Å². The van der Waals surface area contributed by atoms with Crippen LogP contribution >= 0.6 is 0 Å². The van der Waals surface area contributed by atoms with Crippen LogP contribution in [-0.4, -0.2) is 30.6 Å². The maximum Gasteiger partial charge on any atom is 0.353 e. The Hall–Kier alpha value is -4.53. The number of aromatic carboxylic acids is 1. The van der Waals surface area contributed by atoms with Crippen LogP contribution in [0, 0.1) is 5.82 Å². The van der Waals surface area contributed by atoms with E-state index >= 15 is 0 Å². The van der Waals surface area contributed by atoms with E-state index in [2.05, 4.69) is 15.0 Å². The minimum Gasteiger partial charge on any atom is -0.477 e. The van der Waals surface area contributed by atoms with Gasteiger partial charge in [-0.3, -0.25) is 9.59 Å². The number of fused-ring (bicyclic) bond motifs is 3. The summed E-state index contributed by atoms with van der Waals surface area (Å²) in [4.78, 5) is 47.2. The number of aryl methyl sites for hydroxylation is 2. The quantitative estimate of drug-likeness (QED) is 0.371. The topological polar surface area (TPSA) is 121 Å². The number of carboxylic acids is 1. The first kappa shape index (κ1) is 21.0. The number of rotatable bonds is 4. The largest absolute Gasteiger partial charge is 0.477 e. The van der Waals surface area contributed by atoms with Gasteiger partial charge in [0.2, 0.25) is 0 Å². The summed E-state index contributed by atoms with van der Waals surface area (Å²) in [5, 5.41) is 11.1. The van der Waals surface area contributed by atoms with E-state index in [1.807, 2.05) is 12.1 Å². The molecule has 6 rings (SSSR count). The Morgan fingerprint density at radius 2 is 1.89 bits per heavy atom. The third-order valence-electron chi connectivity index (χ3n) is 6.69. The van der Waals surface area contributed by atoms with Gasteiger partial charge in [-0.15, -0.1) is 0 Å². The molecule has 8 nitrogen and oxygen atoms in total. The highest BCUT2D eigenvalue weighted by Crippen LogP contribution is 2.38. The van der Waals surface area contributed by atoms with Gasteiger partial charge in [-0.05, 0) is 66.3 Å². The van der Waals surface area contributed by atoms with Crippen LogP contribution in [0.3, 0.4) is 0 Å². The van der Waals surface area contributed by atoms with Gasteiger partial charge in [0, 0.05) is 40.8 Å². The Bertz CT molecular complexity index is 1800. The summed E-state index contributed by atoms with van der Waals surface area (Å²) in [6, 6.07) is 9.53. The number of aromatic amines is 2. The van der Waals surface area contributed by atoms with Crippen molar-refractivity contribution in [1.82, 2.24) is 19.5 Å². The molecule has 0 radical (unpaired) electrons. The molecule has 3 N–H and O–H groups in total. The number of hydrogen-bond acceptors (Lipinski definition) is 4. The highest BCUT2D eigenvalue weighted by molar-refractivity contribution is 6.08. The second-order valence-corrected chi connectivity index (χ2v) is 8.71. The molecule has 174 valence electrons. The minimum absolute atomic E-state index is 0.0926. The SMILES string of the molecule is O=C(O)c1c(-c2ccc[nH]c2=O)c2cc3c(cc2n1Cc1cc(F)cc2nc[nH]c(=O)c12)CCC3. The van der Waals surface area contributed by atoms with E-state index in [4.69, 9.17) is 0 Å². The molecule has 0 bridgehead atoms. The van der Waals surface area contributed by atoms with Crippen LogP contribution in [0.4, 0.5) is 4.39 Å². The summed E-state index contributed by atoms with van der Waals surface area (Å²) in [6.07, 6.45) is 5.42. The average molecular weight is 470 g/mol. The van der Waals surface area contributed by atoms with E-state index in [1.54, 1.807) is 16.7 Å². The molecule has 0 atom stereocenters. The van der Waals surface area contributed by atoms with Crippen molar-refractivity contribution in [3.8, 4) is 11.1 Å². The lowest BCUT2D eigenvalue weighted by molar-refractivity contribution is 0.0687. The smallest absolute Gasteiger partial charge is 0.353 e. The van der Waals surface area contributed by atoms with Gasteiger partial charge in [-0.2, -0.15) is 0 Å². The third-order valence-corrected chi connectivity index (χ3v) is 6.69. The normalized spacial score (nSPS) is 12.9. The van der Waals surface area contributed by atoms with Crippen LogP contribution in [0.1, 0.15) is 33.6 Å². The molecular weight excluding hydrogens is 451 g/mol. The zero-order valence-electron chi connectivity index (χ0n) is 18.4. The number of nitrogens with zero attached hydrogens (tertiary/aromatic N) is 2. The molecule has 35 heavy (non-hydrogen) atoms. The lowest BCUT2D eigenvalue weighted by atomic mass is 10.00. The van der Waals surface area contributed by atoms with Crippen LogP contribution in [-0.2, 0) is 19.4 Å². The number of pyridine rings is 1. The standard InChI is InChI=1S/C26H19FN4O4/c27-16-7-15(21-19(10-16)29-12-30-25(21)33)11-31-20-9-14-4-1-3-13(14)8-18(20)22(23(31)26(34)35)17-5-2-6-28-24(17)32/h2,5-10,12H,1,3-4,11H2,(H,28,32)(H,34,35)(H,29,30,33). The van der Waals surface area contributed by atoms with E-state index in [1.165, 1.54) is 24.7 Å². The summed E-state index contributed by atoms with van der Waals surface area (Å²) in [7, 11) is 0. The van der Waals surface area contributed by atoms with Crippen molar-refractivity contribution in [3.63, 3.8) is 0 Å². The molecule has 0 aliphatic heterocycles. The van der Waals surface area contributed by atoms with Gasteiger partial charge in [-0.1, -0.05) is 0 Å². The number of aromatic nitrogens is 4. The van der Waals surface area contributed by atoms with E-state index in [0.717, 1.165) is 30.4 Å². The second-order valence-electron chi connectivity index (χ2n) is 8.71. The predicted octanol–water partition coefficient (Wildman–Crippen LogP) is 3.61. The molecule has 0 amide bonds. The highest BCUT2D eigenvalue weighted by Gasteiger charge is 2.27. The monoisotopic (exact) mass is 470 g/mol. The molecule has 2 aromatic carbocycles. The first-order valence-electron chi connectivity index (χ1n) is 11.2. The van der Waals surface area contributed by atoms with Crippen LogP contribution in [0.2, 0.25) is 0 Å². The molecule has 0 fully saturated rings. The Balaban J connectivity index is 1.72. The van der Waals surface area contributed by atoms with Crippen molar-refractivity contribution in [2.45, 2.75) is 25.8 Å². The lowest BCUT2D eigenvalue weighted by Crippen LogP contribution is -2.15. The van der Waals surface area contributed by atoms with E-state index in [0.29, 0.717) is 22.0 Å². The van der Waals surface area contributed by atoms with Crippen molar-refractivity contribution in [2.75, 3.05) is 0 Å². The first-order valence-corrected chi connectivity index (χ1v) is 11.2. The average Bonchev–Trinajstić information content (AvgIpc) is 3.40. The molecule has 0 saturated heterocycles. The van der Waals surface area contributed by atoms with Crippen molar-refractivity contribution < 1.29 is 14.3 Å². The van der Waals surface area contributed by atoms with Gasteiger partial charge in [-0.25, -0.2) is 14.2 Å². The van der Waals surface area contributed by atoms with E-state index in [-0.39, 0.29) is 28.7 Å². The molecule has 0 unspecified atom stereocenters. The molecule has 0 saturated carbocycles. The molecule has 9 heteroatoms. The summed E-state index contributed by atoms with van der Waals surface area (Å²) in [5.41, 5.74) is 2.90. The van der Waals surface area contributed by atoms with Crippen molar-refractivity contribution in [1.29, 1.82) is 0 Å². The molecular formula is C26H19FN4O4. The van der Waals surface area contributed by atoms with Crippen LogP contribution < -0.4 is 11.1 Å². The zero-order chi connectivity index (χ0) is 24.3. The van der Waals surface area contributed by atoms with Gasteiger partial charge in [0.05, 0.1) is 17.2 Å². The highest BCUT2D eigenvalue weighted by atomic mass is 19.1. The second kappa shape index (κ2) is 7.76. The molecule has 3 heterocycles. The van der Waals surface area contributed by atoms with Crippen molar-refractivity contribution >= 4 is 27.8 Å². The third kappa shape index (κ3) is 3.27. The number of hydrogen-bond donors (Lipinski definition) is 3. The number of nitrogens with one attached hydrogen (secondary N) is 2. The zero-order valence-corrected chi connectivity index (χ0v) is 18.4. The molecule has 3 aromatic heterocycles. The van der Waals surface area contributed by atoms with Crippen molar-refractivity contribution in [3.05, 3.63) is 97.8 Å². The van der Waals surface area contributed by atoms with E-state index in [9.17, 15) is 23.9 Å². The summed E-state index contributed by atoms with van der Waals surface area (Å²) in [6.45, 7) is -0.0926. The van der Waals surface area contributed by atoms with Gasteiger partial charge < -0.3 is 19.6 Å². The maximum absolute atomic E-state index is 14.5. The Labute approximate surface area is 196 Å². The molecule has 5 aromatic rings. The van der Waals surface area contributed by atoms with Gasteiger partial charge in [0.1, 0.15) is 11.5 Å². The molecule has 1 aliphatic carbocycles. The maximum atomic E-state index is 14.5. The van der Waals surface area contributed by atoms with Gasteiger partial charge in [0.25, 0.3) is 11.1 Å². The molecule has 1 aliphatic rings. The molecule has 0 spiro atoms. The van der Waals surface area contributed by atoms with Gasteiger partial charge in [0.15, 0.2) is 0 Å². The lowest BCUT2D eigenvalue weighted by Gasteiger charge is -2.12. The fourth-order valence-electron chi connectivity index (χ4n) is 5.23. The first-order chi connectivity index (χ1) is 16.9. The van der Waals surface area contributed by atoms with Crippen LogP contribution in [0.25, 0.3) is 32.9 Å². The summed E-state index contributed by atoms with van der Waals surface area (Å²) < 4.78 is 16.0. The minimum atomic E-state index is -1.23. The van der Waals surface area contributed by atoms with Crippen LogP contribution in [0.15, 0.2) is 58.5 Å². The fourth-order valence-corrected chi connectivity index (χ4v) is 5.23. The summed E-state index contributed by atoms with van der Waals surface area (Å²) >= 11 is 0. The Kier molecular flexibility index (Phi) is 4.67. The summed E-state index contributed by atoms with van der Waals surface area (Å²) in [5.74, 6) is -1.81. The number of benzene rings is 2. The number of carboxylic acid groups (broad SMARTS) is 1. The van der Waals surface area contributed by atoms with Crippen LogP contribution in [0.5, 0.6) is 0 Å². The number of carbonyl (C=O) groups is 1.